The topological polar surface area (TPSA) is 88.8 Å². The first-order chi connectivity index (χ1) is 15.3. The molecule has 0 bridgehead atoms. The van der Waals surface area contributed by atoms with Crippen LogP contribution in [-0.2, 0) is 21.4 Å². The first-order valence-electron chi connectivity index (χ1n) is 10.8. The number of ether oxygens (including phenoxy) is 1. The van der Waals surface area contributed by atoms with E-state index < -0.39 is 15.9 Å². The zero-order valence-corrected chi connectivity index (χ0v) is 19.3. The van der Waals surface area contributed by atoms with Crippen LogP contribution in [0.5, 0.6) is 0 Å². The standard InChI is InChI=1S/C24H28N2O5S/c1-16-7-6-8-17(2)26(16)32(28,29)19-13-11-18(12-14-19)25-24(27)23-21(15-30-3)20-9-4-5-10-22(20)31-23/h4-5,9-14,16-17H,6-8,15H2,1-3H3,(H,25,27). The van der Waals surface area contributed by atoms with Crippen LogP contribution in [0, 0.1) is 0 Å². The summed E-state index contributed by atoms with van der Waals surface area (Å²) in [4.78, 5) is 13.1. The maximum absolute atomic E-state index is 13.2. The molecule has 2 aromatic carbocycles. The minimum absolute atomic E-state index is 0.0320. The average molecular weight is 457 g/mol. The van der Waals surface area contributed by atoms with Crippen molar-refractivity contribution < 1.29 is 22.4 Å². The maximum Gasteiger partial charge on any atom is 0.291 e. The van der Waals surface area contributed by atoms with E-state index in [1.807, 2.05) is 32.0 Å². The molecule has 32 heavy (non-hydrogen) atoms. The van der Waals surface area contributed by atoms with Gasteiger partial charge in [0, 0.05) is 35.8 Å². The highest BCUT2D eigenvalue weighted by Gasteiger charge is 2.35. The molecule has 1 amide bonds. The molecule has 0 aliphatic carbocycles. The molecule has 170 valence electrons. The van der Waals surface area contributed by atoms with E-state index >= 15 is 0 Å². The highest BCUT2D eigenvalue weighted by molar-refractivity contribution is 7.89. The lowest BCUT2D eigenvalue weighted by molar-refractivity contribution is 0.0992. The number of piperidine rings is 1. The summed E-state index contributed by atoms with van der Waals surface area (Å²) in [7, 11) is -2.04. The number of carbonyl (C=O) groups excluding carboxylic acids is 1. The lowest BCUT2D eigenvalue weighted by Crippen LogP contribution is -2.47. The molecule has 1 fully saturated rings. The Labute approximate surface area is 188 Å². The summed E-state index contributed by atoms with van der Waals surface area (Å²) in [5.74, 6) is -0.233. The fourth-order valence-corrected chi connectivity index (χ4v) is 6.34. The molecule has 1 aromatic heterocycles. The van der Waals surface area contributed by atoms with Gasteiger partial charge in [-0.2, -0.15) is 4.31 Å². The third kappa shape index (κ3) is 4.18. The second-order valence-electron chi connectivity index (χ2n) is 8.28. The number of sulfonamides is 1. The molecule has 3 aromatic rings. The summed E-state index contributed by atoms with van der Waals surface area (Å²) in [6, 6.07) is 13.6. The largest absolute Gasteiger partial charge is 0.451 e. The molecular weight excluding hydrogens is 428 g/mol. The number of methoxy groups -OCH3 is 1. The number of rotatable bonds is 6. The molecule has 1 aliphatic heterocycles. The van der Waals surface area contributed by atoms with Crippen LogP contribution in [0.4, 0.5) is 5.69 Å². The molecule has 0 spiro atoms. The Bertz CT molecular complexity index is 1210. The smallest absolute Gasteiger partial charge is 0.291 e. The van der Waals surface area contributed by atoms with Crippen molar-refractivity contribution in [2.45, 2.75) is 56.7 Å². The van der Waals surface area contributed by atoms with E-state index in [4.69, 9.17) is 9.15 Å². The fraction of sp³-hybridized carbons (Fsp3) is 0.375. The van der Waals surface area contributed by atoms with Crippen LogP contribution in [0.3, 0.4) is 0 Å². The van der Waals surface area contributed by atoms with Gasteiger partial charge in [-0.25, -0.2) is 8.42 Å². The van der Waals surface area contributed by atoms with Crippen LogP contribution in [0.1, 0.15) is 49.2 Å². The van der Waals surface area contributed by atoms with Gasteiger partial charge in [-0.15, -0.1) is 0 Å². The molecule has 0 radical (unpaired) electrons. The summed E-state index contributed by atoms with van der Waals surface area (Å²) in [6.45, 7) is 4.14. The van der Waals surface area contributed by atoms with Gasteiger partial charge in [0.05, 0.1) is 11.5 Å². The number of hydrogen-bond donors (Lipinski definition) is 1. The highest BCUT2D eigenvalue weighted by atomic mass is 32.2. The van der Waals surface area contributed by atoms with Gasteiger partial charge in [0.25, 0.3) is 5.91 Å². The Balaban J connectivity index is 1.56. The number of nitrogens with one attached hydrogen (secondary N) is 1. The minimum atomic E-state index is -3.60. The lowest BCUT2D eigenvalue weighted by Gasteiger charge is -2.37. The first kappa shape index (κ1) is 22.5. The van der Waals surface area contributed by atoms with E-state index in [-0.39, 0.29) is 29.3 Å². The number of carbonyl (C=O) groups is 1. The van der Waals surface area contributed by atoms with Crippen molar-refractivity contribution in [1.82, 2.24) is 4.31 Å². The van der Waals surface area contributed by atoms with Gasteiger partial charge in [-0.05, 0) is 57.0 Å². The number of amides is 1. The van der Waals surface area contributed by atoms with Crippen LogP contribution in [0.15, 0.2) is 57.8 Å². The monoisotopic (exact) mass is 456 g/mol. The average Bonchev–Trinajstić information content (AvgIpc) is 3.13. The van der Waals surface area contributed by atoms with Crippen molar-refractivity contribution >= 4 is 32.6 Å². The molecule has 1 N–H and O–H groups in total. The second-order valence-corrected chi connectivity index (χ2v) is 10.1. The number of hydrogen-bond acceptors (Lipinski definition) is 5. The summed E-state index contributed by atoms with van der Waals surface area (Å²) in [5.41, 5.74) is 1.77. The summed E-state index contributed by atoms with van der Waals surface area (Å²) < 4.78 is 39.0. The number of anilines is 1. The molecule has 1 aliphatic rings. The quantitative estimate of drug-likeness (QED) is 0.576. The van der Waals surface area contributed by atoms with E-state index in [1.165, 1.54) is 12.1 Å². The third-order valence-electron chi connectivity index (χ3n) is 5.99. The van der Waals surface area contributed by atoms with Crippen molar-refractivity contribution in [3.05, 3.63) is 59.9 Å². The van der Waals surface area contributed by atoms with Gasteiger partial charge >= 0.3 is 0 Å². The van der Waals surface area contributed by atoms with Crippen LogP contribution < -0.4 is 5.32 Å². The zero-order chi connectivity index (χ0) is 22.9. The van der Waals surface area contributed by atoms with Gasteiger partial charge in [-0.3, -0.25) is 4.79 Å². The Hall–Kier alpha value is -2.68. The van der Waals surface area contributed by atoms with Crippen molar-refractivity contribution in [1.29, 1.82) is 0 Å². The van der Waals surface area contributed by atoms with Crippen LogP contribution in [-0.4, -0.2) is 37.8 Å². The van der Waals surface area contributed by atoms with E-state index in [2.05, 4.69) is 5.32 Å². The van der Waals surface area contributed by atoms with Gasteiger partial charge in [0.1, 0.15) is 5.58 Å². The van der Waals surface area contributed by atoms with Crippen molar-refractivity contribution in [2.75, 3.05) is 12.4 Å². The SMILES string of the molecule is COCc1c(C(=O)Nc2ccc(S(=O)(=O)N3C(C)CCCC3C)cc2)oc2ccccc12. The Kier molecular flexibility index (Phi) is 6.37. The highest BCUT2D eigenvalue weighted by Crippen LogP contribution is 2.31. The molecule has 4 rings (SSSR count). The molecular formula is C24H28N2O5S. The summed E-state index contributed by atoms with van der Waals surface area (Å²) in [6.07, 6.45) is 2.75. The number of furan rings is 1. The van der Waals surface area contributed by atoms with Crippen LogP contribution in [0.25, 0.3) is 11.0 Å². The molecule has 7 nitrogen and oxygen atoms in total. The Morgan fingerprint density at radius 1 is 1.09 bits per heavy atom. The maximum atomic E-state index is 13.2. The lowest BCUT2D eigenvalue weighted by atomic mass is 10.0. The molecule has 2 heterocycles. The van der Waals surface area contributed by atoms with E-state index in [9.17, 15) is 13.2 Å². The number of nitrogens with zero attached hydrogens (tertiary/aromatic N) is 1. The normalized spacial score (nSPS) is 19.8. The predicted molar refractivity (Wildman–Crippen MR) is 123 cm³/mol. The predicted octanol–water partition coefficient (Wildman–Crippen LogP) is 4.78. The van der Waals surface area contributed by atoms with E-state index in [1.54, 1.807) is 29.6 Å². The Morgan fingerprint density at radius 2 is 1.75 bits per heavy atom. The fourth-order valence-electron chi connectivity index (χ4n) is 4.46. The van der Waals surface area contributed by atoms with Gasteiger partial charge in [-0.1, -0.05) is 24.6 Å². The molecule has 2 atom stereocenters. The zero-order valence-electron chi connectivity index (χ0n) is 18.5. The minimum Gasteiger partial charge on any atom is -0.451 e. The van der Waals surface area contributed by atoms with Crippen molar-refractivity contribution in [3.63, 3.8) is 0 Å². The molecule has 2 unspecified atom stereocenters. The molecule has 0 saturated carbocycles. The van der Waals surface area contributed by atoms with Crippen molar-refractivity contribution in [3.8, 4) is 0 Å². The van der Waals surface area contributed by atoms with E-state index in [0.29, 0.717) is 16.8 Å². The van der Waals surface area contributed by atoms with Gasteiger partial charge < -0.3 is 14.5 Å². The number of para-hydroxylation sites is 1. The summed E-state index contributed by atoms with van der Waals surface area (Å²) >= 11 is 0. The number of benzene rings is 2. The molecule has 8 heteroatoms. The van der Waals surface area contributed by atoms with Crippen LogP contribution >= 0.6 is 0 Å². The van der Waals surface area contributed by atoms with Gasteiger partial charge in [0.15, 0.2) is 5.76 Å². The first-order valence-corrected chi connectivity index (χ1v) is 12.2. The molecule has 1 saturated heterocycles. The number of fused-ring (bicyclic) bond motifs is 1. The second kappa shape index (κ2) is 9.05. The van der Waals surface area contributed by atoms with E-state index in [0.717, 1.165) is 24.6 Å². The summed E-state index contributed by atoms with van der Waals surface area (Å²) in [5, 5.41) is 3.62. The van der Waals surface area contributed by atoms with Crippen molar-refractivity contribution in [2.24, 2.45) is 0 Å². The Morgan fingerprint density at radius 3 is 2.41 bits per heavy atom. The third-order valence-corrected chi connectivity index (χ3v) is 8.14. The van der Waals surface area contributed by atoms with Gasteiger partial charge in [0.2, 0.25) is 10.0 Å². The van der Waals surface area contributed by atoms with Crippen LogP contribution in [0.2, 0.25) is 0 Å².